The molecule has 124 valence electrons. The summed E-state index contributed by atoms with van der Waals surface area (Å²) in [4.78, 5) is 26.0. The van der Waals surface area contributed by atoms with E-state index in [1.807, 2.05) is 62.4 Å². The van der Waals surface area contributed by atoms with Gasteiger partial charge in [-0.05, 0) is 49.2 Å². The van der Waals surface area contributed by atoms with Crippen LogP contribution < -0.4 is 15.5 Å². The van der Waals surface area contributed by atoms with Crippen molar-refractivity contribution in [3.8, 4) is 0 Å². The second kappa shape index (κ2) is 6.74. The molecular formula is C19H21N3O2. The molecule has 1 saturated heterocycles. The van der Waals surface area contributed by atoms with Crippen LogP contribution in [0.3, 0.4) is 0 Å². The van der Waals surface area contributed by atoms with Crippen LogP contribution in [0.25, 0.3) is 0 Å². The molecule has 0 bridgehead atoms. The Bertz CT molecular complexity index is 758. The highest BCUT2D eigenvalue weighted by Crippen LogP contribution is 2.21. The fraction of sp³-hybridized carbons (Fsp3) is 0.263. The van der Waals surface area contributed by atoms with Gasteiger partial charge in [-0.25, -0.2) is 4.79 Å². The molecule has 0 radical (unpaired) electrons. The SMILES string of the molecule is Cc1ccc(NC(=O)N[C@H]2CC(=O)N(c3ccccc3)C2)cc1C. The van der Waals surface area contributed by atoms with Gasteiger partial charge in [0.1, 0.15) is 0 Å². The number of hydrogen-bond donors (Lipinski definition) is 2. The number of urea groups is 1. The van der Waals surface area contributed by atoms with Crippen molar-refractivity contribution in [2.75, 3.05) is 16.8 Å². The average molecular weight is 323 g/mol. The Labute approximate surface area is 141 Å². The molecule has 0 spiro atoms. The lowest BCUT2D eigenvalue weighted by Crippen LogP contribution is -2.39. The second-order valence-electron chi connectivity index (χ2n) is 6.14. The van der Waals surface area contributed by atoms with Crippen molar-refractivity contribution in [3.05, 3.63) is 59.7 Å². The molecule has 5 heteroatoms. The van der Waals surface area contributed by atoms with Crippen LogP contribution in [0, 0.1) is 13.8 Å². The number of anilines is 2. The summed E-state index contributed by atoms with van der Waals surface area (Å²) in [6, 6.07) is 14.8. The van der Waals surface area contributed by atoms with Crippen molar-refractivity contribution in [2.45, 2.75) is 26.3 Å². The van der Waals surface area contributed by atoms with Crippen LogP contribution in [0.2, 0.25) is 0 Å². The largest absolute Gasteiger partial charge is 0.333 e. The highest BCUT2D eigenvalue weighted by Gasteiger charge is 2.31. The fourth-order valence-electron chi connectivity index (χ4n) is 2.83. The van der Waals surface area contributed by atoms with Crippen LogP contribution in [0.15, 0.2) is 48.5 Å². The first-order valence-electron chi connectivity index (χ1n) is 8.03. The van der Waals surface area contributed by atoms with Crippen LogP contribution >= 0.6 is 0 Å². The summed E-state index contributed by atoms with van der Waals surface area (Å²) in [6.07, 6.45) is 0.315. The van der Waals surface area contributed by atoms with Crippen molar-refractivity contribution in [1.82, 2.24) is 5.32 Å². The topological polar surface area (TPSA) is 61.4 Å². The Morgan fingerprint density at radius 2 is 1.83 bits per heavy atom. The van der Waals surface area contributed by atoms with E-state index in [1.54, 1.807) is 4.90 Å². The number of carbonyl (C=O) groups is 2. The van der Waals surface area contributed by atoms with E-state index >= 15 is 0 Å². The maximum absolute atomic E-state index is 12.2. The van der Waals surface area contributed by atoms with Gasteiger partial charge in [0, 0.05) is 24.3 Å². The molecule has 0 unspecified atom stereocenters. The number of nitrogens with zero attached hydrogens (tertiary/aromatic N) is 1. The molecule has 0 aromatic heterocycles. The van der Waals surface area contributed by atoms with Gasteiger partial charge in [-0.3, -0.25) is 4.79 Å². The zero-order chi connectivity index (χ0) is 17.1. The predicted molar refractivity (Wildman–Crippen MR) is 95.3 cm³/mol. The molecule has 1 atom stereocenters. The standard InChI is InChI=1S/C19H21N3O2/c1-13-8-9-15(10-14(13)2)20-19(24)21-16-11-18(23)22(12-16)17-6-4-3-5-7-17/h3-10,16H,11-12H2,1-2H3,(H2,20,21,24)/t16-/m0/s1. The highest BCUT2D eigenvalue weighted by molar-refractivity contribution is 5.97. The molecule has 2 N–H and O–H groups in total. The number of hydrogen-bond acceptors (Lipinski definition) is 2. The maximum Gasteiger partial charge on any atom is 0.319 e. The first kappa shape index (κ1) is 16.1. The molecule has 0 aliphatic carbocycles. The number of carbonyl (C=O) groups excluding carboxylic acids is 2. The Balaban J connectivity index is 1.59. The summed E-state index contributed by atoms with van der Waals surface area (Å²) < 4.78 is 0. The molecule has 1 heterocycles. The number of nitrogens with one attached hydrogen (secondary N) is 2. The van der Waals surface area contributed by atoms with E-state index in [0.717, 1.165) is 16.9 Å². The maximum atomic E-state index is 12.2. The third-order valence-electron chi connectivity index (χ3n) is 4.29. The fourth-order valence-corrected chi connectivity index (χ4v) is 2.83. The molecule has 1 aliphatic rings. The van der Waals surface area contributed by atoms with E-state index in [4.69, 9.17) is 0 Å². The van der Waals surface area contributed by atoms with Crippen LogP contribution in [-0.2, 0) is 4.79 Å². The van der Waals surface area contributed by atoms with Crippen molar-refractivity contribution in [3.63, 3.8) is 0 Å². The van der Waals surface area contributed by atoms with Gasteiger partial charge < -0.3 is 15.5 Å². The van der Waals surface area contributed by atoms with Gasteiger partial charge in [0.25, 0.3) is 0 Å². The zero-order valence-corrected chi connectivity index (χ0v) is 13.9. The zero-order valence-electron chi connectivity index (χ0n) is 13.9. The minimum absolute atomic E-state index is 0.0256. The molecule has 2 aromatic rings. The summed E-state index contributed by atoms with van der Waals surface area (Å²) in [5.74, 6) is 0.0256. The van der Waals surface area contributed by atoms with Gasteiger partial charge in [-0.1, -0.05) is 24.3 Å². The Kier molecular flexibility index (Phi) is 4.51. The van der Waals surface area contributed by atoms with Crippen LogP contribution in [-0.4, -0.2) is 24.5 Å². The molecular weight excluding hydrogens is 302 g/mol. The highest BCUT2D eigenvalue weighted by atomic mass is 16.2. The predicted octanol–water partition coefficient (Wildman–Crippen LogP) is 3.23. The summed E-state index contributed by atoms with van der Waals surface area (Å²) in [6.45, 7) is 4.52. The van der Waals surface area contributed by atoms with Crippen molar-refractivity contribution in [1.29, 1.82) is 0 Å². The van der Waals surface area contributed by atoms with E-state index in [2.05, 4.69) is 10.6 Å². The minimum atomic E-state index is -0.286. The molecule has 3 rings (SSSR count). The van der Waals surface area contributed by atoms with Crippen molar-refractivity contribution < 1.29 is 9.59 Å². The normalized spacial score (nSPS) is 17.0. The first-order valence-corrected chi connectivity index (χ1v) is 8.03. The Hall–Kier alpha value is -2.82. The van der Waals surface area contributed by atoms with Gasteiger partial charge >= 0.3 is 6.03 Å². The van der Waals surface area contributed by atoms with Gasteiger partial charge in [0.15, 0.2) is 0 Å². The number of rotatable bonds is 3. The third kappa shape index (κ3) is 3.56. The minimum Gasteiger partial charge on any atom is -0.333 e. The summed E-state index contributed by atoms with van der Waals surface area (Å²) in [5.41, 5.74) is 3.92. The summed E-state index contributed by atoms with van der Waals surface area (Å²) in [7, 11) is 0. The Morgan fingerprint density at radius 1 is 1.08 bits per heavy atom. The average Bonchev–Trinajstić information content (AvgIpc) is 2.92. The number of amides is 3. The van der Waals surface area contributed by atoms with Gasteiger partial charge in [-0.15, -0.1) is 0 Å². The molecule has 2 aromatic carbocycles. The first-order chi connectivity index (χ1) is 11.5. The van der Waals surface area contributed by atoms with Crippen molar-refractivity contribution in [2.24, 2.45) is 0 Å². The van der Waals surface area contributed by atoms with E-state index in [9.17, 15) is 9.59 Å². The summed E-state index contributed by atoms with van der Waals surface area (Å²) in [5, 5.41) is 5.71. The molecule has 0 saturated carbocycles. The van der Waals surface area contributed by atoms with E-state index in [1.165, 1.54) is 5.56 Å². The van der Waals surface area contributed by atoms with E-state index in [0.29, 0.717) is 13.0 Å². The quantitative estimate of drug-likeness (QED) is 0.911. The van der Waals surface area contributed by atoms with Crippen LogP contribution in [0.1, 0.15) is 17.5 Å². The molecule has 24 heavy (non-hydrogen) atoms. The second-order valence-corrected chi connectivity index (χ2v) is 6.14. The number of aryl methyl sites for hydroxylation is 2. The van der Waals surface area contributed by atoms with E-state index in [-0.39, 0.29) is 18.0 Å². The number of para-hydroxylation sites is 1. The smallest absolute Gasteiger partial charge is 0.319 e. The van der Waals surface area contributed by atoms with E-state index < -0.39 is 0 Å². The number of benzene rings is 2. The molecule has 5 nitrogen and oxygen atoms in total. The van der Waals surface area contributed by atoms with Crippen LogP contribution in [0.4, 0.5) is 16.2 Å². The van der Waals surface area contributed by atoms with Gasteiger partial charge in [0.2, 0.25) is 5.91 Å². The Morgan fingerprint density at radius 3 is 2.54 bits per heavy atom. The van der Waals surface area contributed by atoms with Gasteiger partial charge in [-0.2, -0.15) is 0 Å². The molecule has 3 amide bonds. The lowest BCUT2D eigenvalue weighted by molar-refractivity contribution is -0.117. The monoisotopic (exact) mass is 323 g/mol. The van der Waals surface area contributed by atoms with Gasteiger partial charge in [0.05, 0.1) is 6.04 Å². The lowest BCUT2D eigenvalue weighted by Gasteiger charge is -2.17. The summed E-state index contributed by atoms with van der Waals surface area (Å²) >= 11 is 0. The van der Waals surface area contributed by atoms with Crippen LogP contribution in [0.5, 0.6) is 0 Å². The molecule has 1 aliphatic heterocycles. The molecule has 1 fully saturated rings. The van der Waals surface area contributed by atoms with Crippen molar-refractivity contribution >= 4 is 23.3 Å². The third-order valence-corrected chi connectivity index (χ3v) is 4.29. The lowest BCUT2D eigenvalue weighted by atomic mass is 10.1.